The summed E-state index contributed by atoms with van der Waals surface area (Å²) >= 11 is 0. The van der Waals surface area contributed by atoms with Crippen molar-refractivity contribution in [2.75, 3.05) is 5.73 Å². The van der Waals surface area contributed by atoms with Gasteiger partial charge in [-0.05, 0) is 36.8 Å². The molecule has 3 nitrogen and oxygen atoms in total. The Labute approximate surface area is 108 Å². The van der Waals surface area contributed by atoms with Crippen molar-refractivity contribution in [3.05, 3.63) is 53.6 Å². The average Bonchev–Trinajstić information content (AvgIpc) is 2.67. The smallest absolute Gasteiger partial charge is 0.206 e. The lowest BCUT2D eigenvalue weighted by atomic mass is 10.2. The fourth-order valence-corrected chi connectivity index (χ4v) is 2.12. The standard InChI is InChI=1S/C14H11F2N3/c1-8-2-5-12-11(6-8)18-14(17)19(12)13-7-9(15)3-4-10(13)16/h2-7H,1H3,(H2,17,18). The van der Waals surface area contributed by atoms with Crippen molar-refractivity contribution in [1.29, 1.82) is 0 Å². The van der Waals surface area contributed by atoms with Crippen LogP contribution in [-0.4, -0.2) is 9.55 Å². The Bertz CT molecular complexity index is 778. The van der Waals surface area contributed by atoms with Gasteiger partial charge in [0.1, 0.15) is 11.6 Å². The molecule has 3 rings (SSSR count). The number of fused-ring (bicyclic) bond motifs is 1. The highest BCUT2D eigenvalue weighted by Crippen LogP contribution is 2.25. The molecule has 2 N–H and O–H groups in total. The van der Waals surface area contributed by atoms with Crippen LogP contribution in [0.25, 0.3) is 16.7 Å². The number of hydrogen-bond donors (Lipinski definition) is 1. The fourth-order valence-electron chi connectivity index (χ4n) is 2.12. The van der Waals surface area contributed by atoms with Gasteiger partial charge >= 0.3 is 0 Å². The zero-order valence-corrected chi connectivity index (χ0v) is 10.2. The molecule has 19 heavy (non-hydrogen) atoms. The summed E-state index contributed by atoms with van der Waals surface area (Å²) in [4.78, 5) is 4.17. The first-order chi connectivity index (χ1) is 9.06. The minimum atomic E-state index is -0.548. The summed E-state index contributed by atoms with van der Waals surface area (Å²) in [6.45, 7) is 1.93. The van der Waals surface area contributed by atoms with Gasteiger partial charge in [-0.1, -0.05) is 6.07 Å². The van der Waals surface area contributed by atoms with E-state index in [1.807, 2.05) is 19.1 Å². The number of benzene rings is 2. The summed E-state index contributed by atoms with van der Waals surface area (Å²) < 4.78 is 28.6. The Hall–Kier alpha value is -2.43. The van der Waals surface area contributed by atoms with E-state index < -0.39 is 11.6 Å². The maximum absolute atomic E-state index is 13.8. The third-order valence-electron chi connectivity index (χ3n) is 2.99. The Kier molecular flexibility index (Phi) is 2.48. The van der Waals surface area contributed by atoms with Crippen LogP contribution in [0, 0.1) is 18.6 Å². The second-order valence-corrected chi connectivity index (χ2v) is 4.39. The van der Waals surface area contributed by atoms with Crippen molar-refractivity contribution >= 4 is 17.0 Å². The van der Waals surface area contributed by atoms with Gasteiger partial charge in [-0.15, -0.1) is 0 Å². The first-order valence-electron chi connectivity index (χ1n) is 5.76. The van der Waals surface area contributed by atoms with Crippen LogP contribution in [0.2, 0.25) is 0 Å². The normalized spacial score (nSPS) is 11.1. The summed E-state index contributed by atoms with van der Waals surface area (Å²) in [6.07, 6.45) is 0. The molecule has 5 heteroatoms. The average molecular weight is 259 g/mol. The number of aryl methyl sites for hydroxylation is 1. The first kappa shape index (κ1) is 11.6. The first-order valence-corrected chi connectivity index (χ1v) is 5.76. The van der Waals surface area contributed by atoms with E-state index in [0.717, 1.165) is 23.8 Å². The molecular formula is C14H11F2N3. The summed E-state index contributed by atoms with van der Waals surface area (Å²) in [7, 11) is 0. The molecule has 1 aromatic heterocycles. The van der Waals surface area contributed by atoms with E-state index in [0.29, 0.717) is 11.0 Å². The molecular weight excluding hydrogens is 248 g/mol. The van der Waals surface area contributed by atoms with Crippen molar-refractivity contribution in [3.63, 3.8) is 0 Å². The van der Waals surface area contributed by atoms with Gasteiger partial charge in [0.15, 0.2) is 0 Å². The third kappa shape index (κ3) is 1.83. The van der Waals surface area contributed by atoms with Crippen LogP contribution in [-0.2, 0) is 0 Å². The third-order valence-corrected chi connectivity index (χ3v) is 2.99. The molecule has 0 aliphatic heterocycles. The Morgan fingerprint density at radius 3 is 2.68 bits per heavy atom. The molecule has 0 bridgehead atoms. The lowest BCUT2D eigenvalue weighted by molar-refractivity contribution is 0.594. The molecule has 0 saturated carbocycles. The van der Waals surface area contributed by atoms with Crippen molar-refractivity contribution in [1.82, 2.24) is 9.55 Å². The number of nitrogens with zero attached hydrogens (tertiary/aromatic N) is 2. The monoisotopic (exact) mass is 259 g/mol. The van der Waals surface area contributed by atoms with Crippen molar-refractivity contribution < 1.29 is 8.78 Å². The Morgan fingerprint density at radius 2 is 1.89 bits per heavy atom. The summed E-state index contributed by atoms with van der Waals surface area (Å²) in [5, 5.41) is 0. The molecule has 0 aliphatic carbocycles. The van der Waals surface area contributed by atoms with E-state index in [1.54, 1.807) is 6.07 Å². The van der Waals surface area contributed by atoms with Crippen LogP contribution >= 0.6 is 0 Å². The number of rotatable bonds is 1. The molecule has 0 unspecified atom stereocenters. The maximum atomic E-state index is 13.8. The molecule has 3 aromatic rings. The molecule has 1 heterocycles. The molecule has 0 saturated heterocycles. The molecule has 0 fully saturated rings. The number of halogens is 2. The molecule has 0 aliphatic rings. The maximum Gasteiger partial charge on any atom is 0.206 e. The highest BCUT2D eigenvalue weighted by molar-refractivity contribution is 5.81. The van der Waals surface area contributed by atoms with Crippen LogP contribution in [0.3, 0.4) is 0 Å². The number of anilines is 1. The minimum absolute atomic E-state index is 0.0591. The summed E-state index contributed by atoms with van der Waals surface area (Å²) in [6, 6.07) is 8.75. The molecule has 0 radical (unpaired) electrons. The largest absolute Gasteiger partial charge is 0.369 e. The number of nitrogen functional groups attached to an aromatic ring is 1. The van der Waals surface area contributed by atoms with Crippen molar-refractivity contribution in [2.24, 2.45) is 0 Å². The molecule has 0 amide bonds. The van der Waals surface area contributed by atoms with Gasteiger partial charge in [0.05, 0.1) is 16.7 Å². The quantitative estimate of drug-likeness (QED) is 0.729. The van der Waals surface area contributed by atoms with E-state index in [-0.39, 0.29) is 11.6 Å². The highest BCUT2D eigenvalue weighted by atomic mass is 19.1. The molecule has 0 atom stereocenters. The predicted octanol–water partition coefficient (Wildman–Crippen LogP) is 3.19. The Morgan fingerprint density at radius 1 is 1.11 bits per heavy atom. The lowest BCUT2D eigenvalue weighted by Gasteiger charge is -2.08. The van der Waals surface area contributed by atoms with E-state index >= 15 is 0 Å². The zero-order valence-electron chi connectivity index (χ0n) is 10.2. The summed E-state index contributed by atoms with van der Waals surface area (Å²) in [5.41, 5.74) is 8.20. The van der Waals surface area contributed by atoms with E-state index in [4.69, 9.17) is 5.73 Å². The van der Waals surface area contributed by atoms with Crippen molar-refractivity contribution in [3.8, 4) is 5.69 Å². The number of imidazole rings is 1. The van der Waals surface area contributed by atoms with Gasteiger partial charge in [0.25, 0.3) is 0 Å². The van der Waals surface area contributed by atoms with Gasteiger partial charge < -0.3 is 5.73 Å². The van der Waals surface area contributed by atoms with Crippen LogP contribution < -0.4 is 5.73 Å². The SMILES string of the molecule is Cc1ccc2c(c1)nc(N)n2-c1cc(F)ccc1F. The lowest BCUT2D eigenvalue weighted by Crippen LogP contribution is -2.03. The van der Waals surface area contributed by atoms with Gasteiger partial charge in [0.2, 0.25) is 5.95 Å². The second kappa shape index (κ2) is 4.05. The van der Waals surface area contributed by atoms with E-state index in [9.17, 15) is 8.78 Å². The van der Waals surface area contributed by atoms with Crippen LogP contribution in [0.4, 0.5) is 14.7 Å². The van der Waals surface area contributed by atoms with Gasteiger partial charge in [0, 0.05) is 6.07 Å². The van der Waals surface area contributed by atoms with Gasteiger partial charge in [-0.25, -0.2) is 13.8 Å². The Balaban J connectivity index is 2.36. The van der Waals surface area contributed by atoms with Crippen LogP contribution in [0.5, 0.6) is 0 Å². The second-order valence-electron chi connectivity index (χ2n) is 4.39. The van der Waals surface area contributed by atoms with Crippen molar-refractivity contribution in [2.45, 2.75) is 6.92 Å². The molecule has 96 valence electrons. The van der Waals surface area contributed by atoms with Gasteiger partial charge in [-0.2, -0.15) is 0 Å². The number of aromatic nitrogens is 2. The predicted molar refractivity (Wildman–Crippen MR) is 70.1 cm³/mol. The topological polar surface area (TPSA) is 43.8 Å². The fraction of sp³-hybridized carbons (Fsp3) is 0.0714. The highest BCUT2D eigenvalue weighted by Gasteiger charge is 2.14. The molecule has 2 aromatic carbocycles. The minimum Gasteiger partial charge on any atom is -0.369 e. The van der Waals surface area contributed by atoms with Crippen LogP contribution in [0.1, 0.15) is 5.56 Å². The number of hydrogen-bond acceptors (Lipinski definition) is 2. The van der Waals surface area contributed by atoms with Crippen LogP contribution in [0.15, 0.2) is 36.4 Å². The van der Waals surface area contributed by atoms with E-state index in [2.05, 4.69) is 4.98 Å². The van der Waals surface area contributed by atoms with E-state index in [1.165, 1.54) is 4.57 Å². The zero-order chi connectivity index (χ0) is 13.6. The summed E-state index contributed by atoms with van der Waals surface area (Å²) in [5.74, 6) is -0.942. The number of nitrogens with two attached hydrogens (primary N) is 1. The van der Waals surface area contributed by atoms with Gasteiger partial charge in [-0.3, -0.25) is 4.57 Å². The molecule has 0 spiro atoms.